The molecule has 2 heteroatoms. The van der Waals surface area contributed by atoms with Crippen LogP contribution in [0.5, 0.6) is 0 Å². The average molecular weight is 219 g/mol. The summed E-state index contributed by atoms with van der Waals surface area (Å²) in [6.45, 7) is 5.24. The van der Waals surface area contributed by atoms with Gasteiger partial charge < -0.3 is 10.5 Å². The van der Waals surface area contributed by atoms with Crippen LogP contribution in [0.3, 0.4) is 0 Å². The van der Waals surface area contributed by atoms with Crippen LogP contribution < -0.4 is 5.73 Å². The molecule has 0 aromatic heterocycles. The zero-order valence-corrected chi connectivity index (χ0v) is 10.3. The quantitative estimate of drug-likeness (QED) is 0.844. The third kappa shape index (κ3) is 3.06. The second kappa shape index (κ2) is 4.56. The first-order valence-corrected chi connectivity index (χ1v) is 6.02. The van der Waals surface area contributed by atoms with Crippen LogP contribution in [0.1, 0.15) is 37.0 Å². The Morgan fingerprint density at radius 2 is 2.00 bits per heavy atom. The molecule has 1 aliphatic rings. The minimum atomic E-state index is -0.239. The topological polar surface area (TPSA) is 35.2 Å². The monoisotopic (exact) mass is 219 g/mol. The summed E-state index contributed by atoms with van der Waals surface area (Å²) in [7, 11) is 0. The molecule has 88 valence electrons. The minimum Gasteiger partial charge on any atom is -0.375 e. The van der Waals surface area contributed by atoms with Crippen molar-refractivity contribution in [2.45, 2.75) is 45.3 Å². The third-order valence-corrected chi connectivity index (χ3v) is 2.91. The Bertz CT molecular complexity index is 365. The lowest BCUT2D eigenvalue weighted by molar-refractivity contribution is 0.0850. The second-order valence-electron chi connectivity index (χ2n) is 5.44. The normalized spacial score (nSPS) is 15.2. The van der Waals surface area contributed by atoms with E-state index in [1.54, 1.807) is 0 Å². The van der Waals surface area contributed by atoms with Crippen LogP contribution in [0.15, 0.2) is 18.2 Å². The fraction of sp³-hybridized carbons (Fsp3) is 0.571. The zero-order chi connectivity index (χ0) is 11.6. The van der Waals surface area contributed by atoms with Crippen LogP contribution in [-0.4, -0.2) is 12.1 Å². The van der Waals surface area contributed by atoms with E-state index < -0.39 is 0 Å². The molecular formula is C14H21NO. The van der Waals surface area contributed by atoms with Crippen molar-refractivity contribution >= 4 is 0 Å². The molecule has 16 heavy (non-hydrogen) atoms. The van der Waals surface area contributed by atoms with Crippen molar-refractivity contribution in [2.75, 3.05) is 6.61 Å². The highest BCUT2D eigenvalue weighted by molar-refractivity contribution is 5.34. The molecule has 2 nitrogen and oxygen atoms in total. The van der Waals surface area contributed by atoms with Crippen molar-refractivity contribution in [3.8, 4) is 0 Å². The number of aryl methyl sites for hydroxylation is 2. The number of hydrogen-bond acceptors (Lipinski definition) is 2. The molecule has 0 aliphatic heterocycles. The molecule has 0 saturated heterocycles. The van der Waals surface area contributed by atoms with E-state index in [1.807, 2.05) is 13.8 Å². The third-order valence-electron chi connectivity index (χ3n) is 2.91. The molecule has 0 radical (unpaired) electrons. The van der Waals surface area contributed by atoms with Crippen LogP contribution in [0, 0.1) is 0 Å². The van der Waals surface area contributed by atoms with Crippen molar-refractivity contribution in [3.05, 3.63) is 34.9 Å². The standard InChI is InChI=1S/C14H21NO/c1-14(2,15)10-16-9-11-6-7-12-4-3-5-13(12)8-11/h6-8H,3-5,9-10,15H2,1-2H3. The van der Waals surface area contributed by atoms with Crippen molar-refractivity contribution in [1.29, 1.82) is 0 Å². The van der Waals surface area contributed by atoms with E-state index in [4.69, 9.17) is 10.5 Å². The fourth-order valence-corrected chi connectivity index (χ4v) is 2.15. The SMILES string of the molecule is CC(C)(N)COCc1ccc2c(c1)CCC2. The summed E-state index contributed by atoms with van der Waals surface area (Å²) in [6.07, 6.45) is 3.77. The number of hydrogen-bond donors (Lipinski definition) is 1. The van der Waals surface area contributed by atoms with Crippen molar-refractivity contribution in [3.63, 3.8) is 0 Å². The van der Waals surface area contributed by atoms with Crippen molar-refractivity contribution in [1.82, 2.24) is 0 Å². The van der Waals surface area contributed by atoms with E-state index in [0.29, 0.717) is 13.2 Å². The van der Waals surface area contributed by atoms with Gasteiger partial charge in [-0.05, 0) is 49.8 Å². The summed E-state index contributed by atoms with van der Waals surface area (Å²) in [5.74, 6) is 0. The summed E-state index contributed by atoms with van der Waals surface area (Å²) in [4.78, 5) is 0. The molecule has 2 N–H and O–H groups in total. The highest BCUT2D eigenvalue weighted by atomic mass is 16.5. The maximum atomic E-state index is 5.86. The highest BCUT2D eigenvalue weighted by Gasteiger charge is 2.12. The molecule has 2 rings (SSSR count). The van der Waals surface area contributed by atoms with Gasteiger partial charge in [0.05, 0.1) is 13.2 Å². The number of benzene rings is 1. The molecular weight excluding hydrogens is 198 g/mol. The van der Waals surface area contributed by atoms with Crippen LogP contribution in [-0.2, 0) is 24.2 Å². The Hall–Kier alpha value is -0.860. The van der Waals surface area contributed by atoms with Gasteiger partial charge in [0.1, 0.15) is 0 Å². The van der Waals surface area contributed by atoms with Gasteiger partial charge >= 0.3 is 0 Å². The van der Waals surface area contributed by atoms with Gasteiger partial charge in [-0.15, -0.1) is 0 Å². The van der Waals surface area contributed by atoms with Crippen LogP contribution in [0.25, 0.3) is 0 Å². The number of nitrogens with two attached hydrogens (primary N) is 1. The van der Waals surface area contributed by atoms with Gasteiger partial charge in [0, 0.05) is 5.54 Å². The first-order valence-electron chi connectivity index (χ1n) is 6.02. The van der Waals surface area contributed by atoms with Gasteiger partial charge in [-0.2, -0.15) is 0 Å². The van der Waals surface area contributed by atoms with Gasteiger partial charge in [-0.25, -0.2) is 0 Å². The van der Waals surface area contributed by atoms with Crippen molar-refractivity contribution in [2.24, 2.45) is 5.73 Å². The molecule has 0 saturated carbocycles. The molecule has 0 atom stereocenters. The molecule has 0 fully saturated rings. The maximum absolute atomic E-state index is 5.86. The average Bonchev–Trinajstić information content (AvgIpc) is 2.62. The molecule has 0 unspecified atom stereocenters. The molecule has 0 bridgehead atoms. The Kier molecular flexibility index (Phi) is 3.31. The Balaban J connectivity index is 1.91. The Morgan fingerprint density at radius 3 is 2.75 bits per heavy atom. The van der Waals surface area contributed by atoms with Gasteiger partial charge in [-0.3, -0.25) is 0 Å². The van der Waals surface area contributed by atoms with E-state index in [9.17, 15) is 0 Å². The second-order valence-corrected chi connectivity index (χ2v) is 5.44. The van der Waals surface area contributed by atoms with Gasteiger partial charge in [-0.1, -0.05) is 18.2 Å². The molecule has 0 amide bonds. The molecule has 0 heterocycles. The first-order chi connectivity index (χ1) is 7.54. The number of fused-ring (bicyclic) bond motifs is 1. The number of ether oxygens (including phenoxy) is 1. The van der Waals surface area contributed by atoms with Gasteiger partial charge in [0.25, 0.3) is 0 Å². The lowest BCUT2D eigenvalue weighted by Crippen LogP contribution is -2.37. The molecule has 1 aromatic carbocycles. The smallest absolute Gasteiger partial charge is 0.0717 e. The summed E-state index contributed by atoms with van der Waals surface area (Å²) in [5.41, 5.74) is 9.92. The summed E-state index contributed by atoms with van der Waals surface area (Å²) in [6, 6.07) is 6.70. The van der Waals surface area contributed by atoms with Crippen LogP contribution in [0.4, 0.5) is 0 Å². The summed E-state index contributed by atoms with van der Waals surface area (Å²) >= 11 is 0. The Labute approximate surface area is 97.8 Å². The van der Waals surface area contributed by atoms with E-state index in [2.05, 4.69) is 18.2 Å². The first kappa shape index (κ1) is 11.6. The molecule has 1 aliphatic carbocycles. The van der Waals surface area contributed by atoms with E-state index in [-0.39, 0.29) is 5.54 Å². The molecule has 0 spiro atoms. The predicted octanol–water partition coefficient (Wildman–Crippen LogP) is 2.43. The lowest BCUT2D eigenvalue weighted by Gasteiger charge is -2.18. The van der Waals surface area contributed by atoms with Gasteiger partial charge in [0.2, 0.25) is 0 Å². The van der Waals surface area contributed by atoms with E-state index in [0.717, 1.165) is 0 Å². The maximum Gasteiger partial charge on any atom is 0.0717 e. The zero-order valence-electron chi connectivity index (χ0n) is 10.3. The number of rotatable bonds is 4. The summed E-state index contributed by atoms with van der Waals surface area (Å²) < 4.78 is 5.62. The van der Waals surface area contributed by atoms with Gasteiger partial charge in [0.15, 0.2) is 0 Å². The largest absolute Gasteiger partial charge is 0.375 e. The van der Waals surface area contributed by atoms with E-state index >= 15 is 0 Å². The van der Waals surface area contributed by atoms with Crippen LogP contribution in [0.2, 0.25) is 0 Å². The fourth-order valence-electron chi connectivity index (χ4n) is 2.15. The molecule has 1 aromatic rings. The highest BCUT2D eigenvalue weighted by Crippen LogP contribution is 2.23. The van der Waals surface area contributed by atoms with Crippen LogP contribution >= 0.6 is 0 Å². The minimum absolute atomic E-state index is 0.239. The Morgan fingerprint density at radius 1 is 1.25 bits per heavy atom. The van der Waals surface area contributed by atoms with Crippen molar-refractivity contribution < 1.29 is 4.74 Å². The van der Waals surface area contributed by atoms with E-state index in [1.165, 1.54) is 36.0 Å². The lowest BCUT2D eigenvalue weighted by atomic mass is 10.1. The predicted molar refractivity (Wildman–Crippen MR) is 66.4 cm³/mol. The summed E-state index contributed by atoms with van der Waals surface area (Å²) in [5, 5.41) is 0.